The van der Waals surface area contributed by atoms with Crippen LogP contribution in [0.5, 0.6) is 11.5 Å². The lowest BCUT2D eigenvalue weighted by atomic mass is 10.1. The monoisotopic (exact) mass is 311 g/mol. The summed E-state index contributed by atoms with van der Waals surface area (Å²) in [6.07, 6.45) is -1.19. The molecule has 0 spiro atoms. The van der Waals surface area contributed by atoms with Gasteiger partial charge in [0.05, 0.1) is 18.1 Å². The van der Waals surface area contributed by atoms with Crippen LogP contribution in [0.15, 0.2) is 12.1 Å². The van der Waals surface area contributed by atoms with Crippen molar-refractivity contribution in [2.24, 2.45) is 0 Å². The van der Waals surface area contributed by atoms with Gasteiger partial charge in [-0.05, 0) is 6.92 Å². The number of carbonyl (C=O) groups is 2. The molecule has 0 bridgehead atoms. The zero-order chi connectivity index (χ0) is 16.3. The summed E-state index contributed by atoms with van der Waals surface area (Å²) in [4.78, 5) is 33.7. The van der Waals surface area contributed by atoms with Crippen LogP contribution < -0.4 is 9.47 Å². The molecule has 0 radical (unpaired) electrons. The molecule has 0 amide bonds. The third-order valence-corrected chi connectivity index (χ3v) is 2.89. The number of nitro benzene ring substituents is 1. The first-order valence-electron chi connectivity index (χ1n) is 6.31. The van der Waals surface area contributed by atoms with Gasteiger partial charge in [-0.15, -0.1) is 0 Å². The summed E-state index contributed by atoms with van der Waals surface area (Å²) in [6.45, 7) is 1.82. The number of ether oxygens (including phenoxy) is 4. The minimum absolute atomic E-state index is 0.176. The molecule has 0 saturated heterocycles. The molecule has 9 nitrogen and oxygen atoms in total. The van der Waals surface area contributed by atoms with Crippen LogP contribution in [-0.4, -0.2) is 43.3 Å². The van der Waals surface area contributed by atoms with Gasteiger partial charge in [0.25, 0.3) is 5.69 Å². The van der Waals surface area contributed by atoms with Crippen LogP contribution in [0, 0.1) is 10.1 Å². The first kappa shape index (κ1) is 15.5. The summed E-state index contributed by atoms with van der Waals surface area (Å²) in [5.41, 5.74) is -0.823. The van der Waals surface area contributed by atoms with Crippen molar-refractivity contribution in [3.63, 3.8) is 0 Å². The van der Waals surface area contributed by atoms with Crippen LogP contribution in [0.4, 0.5) is 5.69 Å². The minimum atomic E-state index is -1.19. The zero-order valence-corrected chi connectivity index (χ0v) is 11.9. The molecule has 0 saturated carbocycles. The molecule has 0 aliphatic carbocycles. The number of esters is 2. The molecule has 1 atom stereocenters. The van der Waals surface area contributed by atoms with Gasteiger partial charge < -0.3 is 18.9 Å². The largest absolute Gasteiger partial charge is 0.486 e. The molecule has 0 unspecified atom stereocenters. The number of methoxy groups -OCH3 is 1. The smallest absolute Gasteiger partial charge is 0.346 e. The first-order chi connectivity index (χ1) is 10.4. The summed E-state index contributed by atoms with van der Waals surface area (Å²) in [6, 6.07) is 2.26. The van der Waals surface area contributed by atoms with E-state index in [1.165, 1.54) is 13.0 Å². The van der Waals surface area contributed by atoms with Gasteiger partial charge in [0.1, 0.15) is 18.8 Å². The lowest BCUT2D eigenvalue weighted by Gasteiger charge is -2.19. The highest BCUT2D eigenvalue weighted by atomic mass is 16.6. The molecule has 1 aromatic carbocycles. The molecule has 1 aromatic rings. The Morgan fingerprint density at radius 2 is 1.86 bits per heavy atom. The lowest BCUT2D eigenvalue weighted by molar-refractivity contribution is -0.385. The van der Waals surface area contributed by atoms with Crippen molar-refractivity contribution in [1.29, 1.82) is 0 Å². The fourth-order valence-corrected chi connectivity index (χ4v) is 1.83. The second-order valence-electron chi connectivity index (χ2n) is 4.34. The van der Waals surface area contributed by atoms with Gasteiger partial charge in [0.15, 0.2) is 17.6 Å². The summed E-state index contributed by atoms with van der Waals surface area (Å²) in [5, 5.41) is 11.1. The maximum atomic E-state index is 12.1. The van der Waals surface area contributed by atoms with E-state index < -0.39 is 28.7 Å². The molecule has 1 heterocycles. The van der Waals surface area contributed by atoms with Crippen LogP contribution in [0.1, 0.15) is 17.3 Å². The molecule has 1 aliphatic heterocycles. The van der Waals surface area contributed by atoms with Crippen LogP contribution in [-0.2, 0) is 14.3 Å². The standard InChI is InChI=1S/C13H13NO8/c1-7(12(15)19-2)22-13(16)8-5-10-11(21-4-3-20-10)6-9(8)14(17)18/h5-7H,3-4H2,1-2H3/t7-/m1/s1. The second-order valence-corrected chi connectivity index (χ2v) is 4.34. The van der Waals surface area contributed by atoms with Gasteiger partial charge in [-0.2, -0.15) is 0 Å². The highest BCUT2D eigenvalue weighted by Gasteiger charge is 2.29. The van der Waals surface area contributed by atoms with Crippen molar-refractivity contribution in [3.05, 3.63) is 27.8 Å². The maximum Gasteiger partial charge on any atom is 0.346 e. The fourth-order valence-electron chi connectivity index (χ4n) is 1.83. The van der Waals surface area contributed by atoms with Gasteiger partial charge in [0, 0.05) is 6.07 Å². The molecule has 0 fully saturated rings. The quantitative estimate of drug-likeness (QED) is 0.461. The molecular formula is C13H13NO8. The molecule has 1 aliphatic rings. The maximum absolute atomic E-state index is 12.1. The van der Waals surface area contributed by atoms with E-state index in [2.05, 4.69) is 4.74 Å². The van der Waals surface area contributed by atoms with E-state index in [-0.39, 0.29) is 30.3 Å². The van der Waals surface area contributed by atoms with Crippen LogP contribution in [0.3, 0.4) is 0 Å². The van der Waals surface area contributed by atoms with E-state index >= 15 is 0 Å². The Morgan fingerprint density at radius 1 is 1.27 bits per heavy atom. The predicted molar refractivity (Wildman–Crippen MR) is 71.0 cm³/mol. The third-order valence-electron chi connectivity index (χ3n) is 2.89. The van der Waals surface area contributed by atoms with Gasteiger partial charge in [-0.1, -0.05) is 0 Å². The number of hydrogen-bond acceptors (Lipinski definition) is 8. The topological polar surface area (TPSA) is 114 Å². The predicted octanol–water partition coefficient (Wildman–Crippen LogP) is 1.08. The number of carbonyl (C=O) groups excluding carboxylic acids is 2. The Bertz CT molecular complexity index is 627. The van der Waals surface area contributed by atoms with E-state index in [9.17, 15) is 19.7 Å². The molecular weight excluding hydrogens is 298 g/mol. The average Bonchev–Trinajstić information content (AvgIpc) is 2.52. The number of nitro groups is 1. The number of benzene rings is 1. The first-order valence-corrected chi connectivity index (χ1v) is 6.31. The molecule has 0 aromatic heterocycles. The molecule has 2 rings (SSSR count). The van der Waals surface area contributed by atoms with E-state index in [0.717, 1.165) is 13.2 Å². The van der Waals surface area contributed by atoms with Crippen molar-refractivity contribution < 1.29 is 33.5 Å². The molecule has 22 heavy (non-hydrogen) atoms. The van der Waals surface area contributed by atoms with Gasteiger partial charge in [-0.25, -0.2) is 9.59 Å². The van der Waals surface area contributed by atoms with Gasteiger partial charge in [0.2, 0.25) is 0 Å². The molecule has 0 N–H and O–H groups in total. The summed E-state index contributed by atoms with van der Waals surface area (Å²) in [7, 11) is 1.14. The van der Waals surface area contributed by atoms with E-state index in [0.29, 0.717) is 0 Å². The third kappa shape index (κ3) is 3.08. The Morgan fingerprint density at radius 3 is 2.41 bits per heavy atom. The lowest BCUT2D eigenvalue weighted by Crippen LogP contribution is -2.26. The fraction of sp³-hybridized carbons (Fsp3) is 0.385. The van der Waals surface area contributed by atoms with Crippen LogP contribution in [0.2, 0.25) is 0 Å². The van der Waals surface area contributed by atoms with Gasteiger partial charge in [-0.3, -0.25) is 10.1 Å². The Balaban J connectivity index is 2.34. The Kier molecular flexibility index (Phi) is 4.44. The number of fused-ring (bicyclic) bond motifs is 1. The number of hydrogen-bond donors (Lipinski definition) is 0. The zero-order valence-electron chi connectivity index (χ0n) is 11.9. The highest BCUT2D eigenvalue weighted by molar-refractivity contribution is 5.96. The van der Waals surface area contributed by atoms with Crippen molar-refractivity contribution in [2.75, 3.05) is 20.3 Å². The Labute approximate surface area is 124 Å². The minimum Gasteiger partial charge on any atom is -0.486 e. The molecule has 9 heteroatoms. The van der Waals surface area contributed by atoms with Crippen molar-refractivity contribution >= 4 is 17.6 Å². The summed E-state index contributed by atoms with van der Waals surface area (Å²) >= 11 is 0. The van der Waals surface area contributed by atoms with Crippen LogP contribution >= 0.6 is 0 Å². The van der Waals surface area contributed by atoms with E-state index in [4.69, 9.17) is 14.2 Å². The van der Waals surface area contributed by atoms with Gasteiger partial charge >= 0.3 is 11.9 Å². The SMILES string of the molecule is COC(=O)[C@@H](C)OC(=O)c1cc2c(cc1[N+](=O)[O-])OCCO2. The molecule has 118 valence electrons. The normalized spacial score (nSPS) is 13.9. The van der Waals surface area contributed by atoms with Crippen molar-refractivity contribution in [2.45, 2.75) is 13.0 Å². The van der Waals surface area contributed by atoms with E-state index in [1.807, 2.05) is 0 Å². The second kappa shape index (κ2) is 6.29. The highest BCUT2D eigenvalue weighted by Crippen LogP contribution is 2.36. The summed E-state index contributed by atoms with van der Waals surface area (Å²) < 4.78 is 19.8. The van der Waals surface area contributed by atoms with E-state index in [1.54, 1.807) is 0 Å². The van der Waals surface area contributed by atoms with Crippen molar-refractivity contribution in [3.8, 4) is 11.5 Å². The number of rotatable bonds is 4. The van der Waals surface area contributed by atoms with Crippen molar-refractivity contribution in [1.82, 2.24) is 0 Å². The Hall–Kier alpha value is -2.84. The average molecular weight is 311 g/mol. The van der Waals surface area contributed by atoms with Crippen LogP contribution in [0.25, 0.3) is 0 Å². The number of nitrogens with zero attached hydrogens (tertiary/aromatic N) is 1. The summed E-state index contributed by atoms with van der Waals surface area (Å²) in [5.74, 6) is -1.42.